The van der Waals surface area contributed by atoms with Crippen LogP contribution in [0.2, 0.25) is 18.1 Å². The van der Waals surface area contributed by atoms with Gasteiger partial charge in [0.15, 0.2) is 8.32 Å². The van der Waals surface area contributed by atoms with Gasteiger partial charge in [0.05, 0.1) is 0 Å². The Labute approximate surface area is 108 Å². The highest BCUT2D eigenvalue weighted by Crippen LogP contribution is 2.36. The maximum Gasteiger partial charge on any atom is 0.192 e. The fourth-order valence-electron chi connectivity index (χ4n) is 1.81. The second-order valence-corrected chi connectivity index (χ2v) is 11.5. The quantitative estimate of drug-likeness (QED) is 0.445. The predicted octanol–water partition coefficient (Wildman–Crippen LogP) is 3.56. The van der Waals surface area contributed by atoms with Crippen molar-refractivity contribution < 1.29 is 4.43 Å². The first-order chi connectivity index (χ1) is 7.76. The SMILES string of the molecule is C=CC1CC(NCCO[Si](C)(C)C(C)(C)C)C1. The summed E-state index contributed by atoms with van der Waals surface area (Å²) in [5.41, 5.74) is 0. The molecule has 0 atom stereocenters. The smallest absolute Gasteiger partial charge is 0.192 e. The van der Waals surface area contributed by atoms with Crippen molar-refractivity contribution in [1.82, 2.24) is 5.32 Å². The van der Waals surface area contributed by atoms with Crippen molar-refractivity contribution in [2.45, 2.75) is 57.8 Å². The maximum absolute atomic E-state index is 6.12. The monoisotopic (exact) mass is 255 g/mol. The molecule has 1 rings (SSSR count). The van der Waals surface area contributed by atoms with E-state index in [9.17, 15) is 0 Å². The molecule has 0 bridgehead atoms. The molecular formula is C14H29NOSi. The molecule has 0 amide bonds. The molecule has 1 aliphatic rings. The van der Waals surface area contributed by atoms with Crippen LogP contribution < -0.4 is 5.32 Å². The van der Waals surface area contributed by atoms with Crippen LogP contribution in [0.5, 0.6) is 0 Å². The average Bonchev–Trinajstić information content (AvgIpc) is 2.12. The van der Waals surface area contributed by atoms with Crippen LogP contribution in [0, 0.1) is 5.92 Å². The number of allylic oxidation sites excluding steroid dienone is 1. The first-order valence-corrected chi connectivity index (χ1v) is 9.67. The zero-order valence-corrected chi connectivity index (χ0v) is 13.2. The number of nitrogens with one attached hydrogen (secondary N) is 1. The Morgan fingerprint density at radius 2 is 1.94 bits per heavy atom. The van der Waals surface area contributed by atoms with Gasteiger partial charge in [-0.3, -0.25) is 0 Å². The van der Waals surface area contributed by atoms with E-state index in [1.54, 1.807) is 0 Å². The first kappa shape index (κ1) is 14.9. The first-order valence-electron chi connectivity index (χ1n) is 6.76. The summed E-state index contributed by atoms with van der Waals surface area (Å²) in [5.74, 6) is 0.744. The molecule has 0 heterocycles. The van der Waals surface area contributed by atoms with Crippen molar-refractivity contribution >= 4 is 8.32 Å². The minimum atomic E-state index is -1.55. The van der Waals surface area contributed by atoms with Crippen molar-refractivity contribution in [3.05, 3.63) is 12.7 Å². The Morgan fingerprint density at radius 1 is 1.35 bits per heavy atom. The average molecular weight is 255 g/mol. The van der Waals surface area contributed by atoms with Crippen molar-refractivity contribution in [3.8, 4) is 0 Å². The van der Waals surface area contributed by atoms with Gasteiger partial charge in [-0.25, -0.2) is 0 Å². The second-order valence-electron chi connectivity index (χ2n) is 6.73. The van der Waals surface area contributed by atoms with Crippen molar-refractivity contribution in [1.29, 1.82) is 0 Å². The Morgan fingerprint density at radius 3 is 2.41 bits per heavy atom. The summed E-state index contributed by atoms with van der Waals surface area (Å²) in [5, 5.41) is 3.87. The summed E-state index contributed by atoms with van der Waals surface area (Å²) in [4.78, 5) is 0. The van der Waals surface area contributed by atoms with Crippen molar-refractivity contribution in [3.63, 3.8) is 0 Å². The van der Waals surface area contributed by atoms with Crippen LogP contribution in [0.4, 0.5) is 0 Å². The van der Waals surface area contributed by atoms with E-state index in [-0.39, 0.29) is 0 Å². The number of hydrogen-bond donors (Lipinski definition) is 1. The van der Waals surface area contributed by atoms with Crippen LogP contribution in [0.25, 0.3) is 0 Å². The third kappa shape index (κ3) is 4.23. The summed E-state index contributed by atoms with van der Waals surface area (Å²) < 4.78 is 6.12. The molecule has 0 unspecified atom stereocenters. The van der Waals surface area contributed by atoms with Gasteiger partial charge in [-0.2, -0.15) is 0 Å². The summed E-state index contributed by atoms with van der Waals surface area (Å²) >= 11 is 0. The number of hydrogen-bond acceptors (Lipinski definition) is 2. The van der Waals surface area contributed by atoms with E-state index < -0.39 is 8.32 Å². The molecule has 0 aromatic carbocycles. The molecule has 17 heavy (non-hydrogen) atoms. The summed E-state index contributed by atoms with van der Waals surface area (Å²) in [6.45, 7) is 17.1. The lowest BCUT2D eigenvalue weighted by Crippen LogP contribution is -2.45. The molecule has 0 aromatic heterocycles. The molecule has 1 saturated carbocycles. The lowest BCUT2D eigenvalue weighted by Gasteiger charge is -2.37. The maximum atomic E-state index is 6.12. The largest absolute Gasteiger partial charge is 0.416 e. The Hall–Kier alpha value is -0.123. The van der Waals surface area contributed by atoms with E-state index in [0.29, 0.717) is 11.1 Å². The minimum Gasteiger partial charge on any atom is -0.416 e. The Kier molecular flexibility index (Phi) is 4.99. The van der Waals surface area contributed by atoms with Gasteiger partial charge in [0, 0.05) is 19.2 Å². The highest BCUT2D eigenvalue weighted by atomic mass is 28.4. The third-order valence-electron chi connectivity index (χ3n) is 4.31. The van der Waals surface area contributed by atoms with Gasteiger partial charge < -0.3 is 9.74 Å². The molecule has 1 aliphatic carbocycles. The molecule has 0 aliphatic heterocycles. The highest BCUT2D eigenvalue weighted by Gasteiger charge is 2.37. The molecule has 0 aromatic rings. The molecule has 3 heteroatoms. The molecule has 1 N–H and O–H groups in total. The lowest BCUT2D eigenvalue weighted by molar-refractivity contribution is 0.233. The summed E-state index contributed by atoms with van der Waals surface area (Å²) in [7, 11) is -1.55. The number of rotatable bonds is 6. The van der Waals surface area contributed by atoms with E-state index >= 15 is 0 Å². The molecule has 1 fully saturated rings. The Bertz CT molecular complexity index is 251. The predicted molar refractivity (Wildman–Crippen MR) is 77.9 cm³/mol. The highest BCUT2D eigenvalue weighted by molar-refractivity contribution is 6.74. The van der Waals surface area contributed by atoms with E-state index in [0.717, 1.165) is 19.1 Å². The van der Waals surface area contributed by atoms with Gasteiger partial charge in [0.1, 0.15) is 0 Å². The zero-order chi connectivity index (χ0) is 13.1. The summed E-state index contributed by atoms with van der Waals surface area (Å²) in [6, 6.07) is 0.695. The van der Waals surface area contributed by atoms with Gasteiger partial charge in [-0.1, -0.05) is 26.8 Å². The molecule has 100 valence electrons. The van der Waals surface area contributed by atoms with Crippen LogP contribution in [-0.2, 0) is 4.43 Å². The normalized spacial score (nSPS) is 25.5. The zero-order valence-electron chi connectivity index (χ0n) is 12.2. The molecule has 0 spiro atoms. The van der Waals surface area contributed by atoms with E-state index in [1.807, 2.05) is 0 Å². The van der Waals surface area contributed by atoms with Crippen LogP contribution in [0.3, 0.4) is 0 Å². The molecule has 0 radical (unpaired) electrons. The lowest BCUT2D eigenvalue weighted by atomic mass is 9.80. The van der Waals surface area contributed by atoms with Crippen LogP contribution in [0.1, 0.15) is 33.6 Å². The molecule has 0 saturated heterocycles. The summed E-state index contributed by atoms with van der Waals surface area (Å²) in [6.07, 6.45) is 4.58. The van der Waals surface area contributed by atoms with Gasteiger partial charge >= 0.3 is 0 Å². The van der Waals surface area contributed by atoms with Gasteiger partial charge in [0.25, 0.3) is 0 Å². The molecular weight excluding hydrogens is 226 g/mol. The van der Waals surface area contributed by atoms with E-state index in [2.05, 4.69) is 51.8 Å². The van der Waals surface area contributed by atoms with Gasteiger partial charge in [-0.05, 0) is 36.9 Å². The van der Waals surface area contributed by atoms with Gasteiger partial charge in [-0.15, -0.1) is 6.58 Å². The third-order valence-corrected chi connectivity index (χ3v) is 8.85. The van der Waals surface area contributed by atoms with Crippen molar-refractivity contribution in [2.75, 3.05) is 13.2 Å². The fraction of sp³-hybridized carbons (Fsp3) is 0.857. The Balaban J connectivity index is 2.11. The minimum absolute atomic E-state index is 0.317. The topological polar surface area (TPSA) is 21.3 Å². The van der Waals surface area contributed by atoms with Crippen LogP contribution in [0.15, 0.2) is 12.7 Å². The van der Waals surface area contributed by atoms with E-state index in [4.69, 9.17) is 4.43 Å². The standard InChI is InChI=1S/C14H29NOSi/c1-7-12-10-13(11-12)15-8-9-16-17(5,6)14(2,3)4/h7,12-13,15H,1,8-11H2,2-6H3. The van der Waals surface area contributed by atoms with E-state index in [1.165, 1.54) is 12.8 Å². The molecule has 2 nitrogen and oxygen atoms in total. The van der Waals surface area contributed by atoms with Gasteiger partial charge in [0.2, 0.25) is 0 Å². The van der Waals surface area contributed by atoms with Crippen LogP contribution >= 0.6 is 0 Å². The van der Waals surface area contributed by atoms with Crippen LogP contribution in [-0.4, -0.2) is 27.5 Å². The fourth-order valence-corrected chi connectivity index (χ4v) is 2.85. The second kappa shape index (κ2) is 5.68. The van der Waals surface area contributed by atoms with Crippen molar-refractivity contribution in [2.24, 2.45) is 5.92 Å².